The number of hydrogen-bond donors (Lipinski definition) is 0. The highest BCUT2D eigenvalue weighted by molar-refractivity contribution is 5.70. The summed E-state index contributed by atoms with van der Waals surface area (Å²) in [6.45, 7) is 1.71. The van der Waals surface area contributed by atoms with Gasteiger partial charge in [0.05, 0.1) is 0 Å². The zero-order valence-electron chi connectivity index (χ0n) is 10.9. The Bertz CT molecular complexity index is 745. The van der Waals surface area contributed by atoms with Crippen LogP contribution in [-0.4, -0.2) is 0 Å². The van der Waals surface area contributed by atoms with Crippen molar-refractivity contribution in [2.75, 3.05) is 0 Å². The predicted molar refractivity (Wildman–Crippen MR) is 75.8 cm³/mol. The summed E-state index contributed by atoms with van der Waals surface area (Å²) in [6.07, 6.45) is 1.51. The molecule has 0 fully saturated rings. The summed E-state index contributed by atoms with van der Waals surface area (Å²) >= 11 is 0. The first kappa shape index (κ1) is 13.5. The van der Waals surface area contributed by atoms with Crippen molar-refractivity contribution in [1.82, 2.24) is 0 Å². The minimum Gasteiger partial charge on any atom is -0.207 e. The van der Waals surface area contributed by atoms with Crippen molar-refractivity contribution < 1.29 is 4.39 Å². The van der Waals surface area contributed by atoms with Gasteiger partial charge in [0.1, 0.15) is 23.5 Å². The molecule has 0 saturated carbocycles. The van der Waals surface area contributed by atoms with Crippen molar-refractivity contribution in [1.29, 1.82) is 10.5 Å². The highest BCUT2D eigenvalue weighted by Gasteiger charge is 2.03. The first-order valence-electron chi connectivity index (χ1n) is 6.02. The van der Waals surface area contributed by atoms with Gasteiger partial charge in [-0.1, -0.05) is 30.3 Å². The highest BCUT2D eigenvalue weighted by atomic mass is 19.1. The molecule has 0 radical (unpaired) electrons. The quantitative estimate of drug-likeness (QED) is 0.760. The molecule has 0 N–H and O–H groups in total. The van der Waals surface area contributed by atoms with Gasteiger partial charge in [-0.2, -0.15) is 10.5 Å². The molecule has 0 atom stereocenters. The van der Waals surface area contributed by atoms with Crippen LogP contribution >= 0.6 is 0 Å². The third-order valence-corrected chi connectivity index (χ3v) is 2.94. The van der Waals surface area contributed by atoms with Gasteiger partial charge in [-0.15, -0.1) is 0 Å². The van der Waals surface area contributed by atoms with Gasteiger partial charge in [-0.3, -0.25) is 0 Å². The maximum atomic E-state index is 13.6. The highest BCUT2D eigenvalue weighted by Crippen LogP contribution is 2.23. The van der Waals surface area contributed by atoms with Crippen molar-refractivity contribution >= 4 is 6.08 Å². The number of benzene rings is 2. The van der Waals surface area contributed by atoms with E-state index in [1.54, 1.807) is 19.1 Å². The fourth-order valence-corrected chi connectivity index (χ4v) is 1.84. The van der Waals surface area contributed by atoms with Crippen molar-refractivity contribution in [3.63, 3.8) is 0 Å². The Morgan fingerprint density at radius 1 is 1.05 bits per heavy atom. The van der Waals surface area contributed by atoms with Crippen LogP contribution in [0.4, 0.5) is 4.39 Å². The van der Waals surface area contributed by atoms with E-state index in [0.29, 0.717) is 5.56 Å². The number of hydrogen-bond acceptors (Lipinski definition) is 2. The van der Waals surface area contributed by atoms with E-state index in [2.05, 4.69) is 0 Å². The predicted octanol–water partition coefficient (Wildman–Crippen LogP) is 4.23. The van der Waals surface area contributed by atoms with Gasteiger partial charge in [-0.25, -0.2) is 4.39 Å². The largest absolute Gasteiger partial charge is 0.207 e. The molecule has 2 aromatic rings. The van der Waals surface area contributed by atoms with Crippen LogP contribution in [0, 0.1) is 35.4 Å². The van der Waals surface area contributed by atoms with Crippen molar-refractivity contribution in [2.45, 2.75) is 6.92 Å². The van der Waals surface area contributed by atoms with Crippen molar-refractivity contribution in [3.8, 4) is 23.3 Å². The molecule has 0 aliphatic rings. The summed E-state index contributed by atoms with van der Waals surface area (Å²) in [5.41, 5.74) is 2.98. The van der Waals surface area contributed by atoms with E-state index < -0.39 is 0 Å². The molecule has 96 valence electrons. The molecule has 0 saturated heterocycles. The van der Waals surface area contributed by atoms with Crippen LogP contribution in [0.5, 0.6) is 0 Å². The summed E-state index contributed by atoms with van der Waals surface area (Å²) < 4.78 is 13.6. The van der Waals surface area contributed by atoms with Crippen LogP contribution in [0.25, 0.3) is 17.2 Å². The first-order chi connectivity index (χ1) is 9.63. The molecule has 2 rings (SSSR count). The van der Waals surface area contributed by atoms with Gasteiger partial charge in [0.25, 0.3) is 0 Å². The molecule has 0 amide bonds. The Balaban J connectivity index is 2.45. The van der Waals surface area contributed by atoms with Crippen LogP contribution in [-0.2, 0) is 0 Å². The lowest BCUT2D eigenvalue weighted by atomic mass is 10.0. The third-order valence-electron chi connectivity index (χ3n) is 2.94. The second kappa shape index (κ2) is 5.82. The Morgan fingerprint density at radius 2 is 1.75 bits per heavy atom. The maximum Gasteiger partial charge on any atom is 0.130 e. The molecule has 20 heavy (non-hydrogen) atoms. The molecular weight excluding hydrogens is 251 g/mol. The zero-order valence-corrected chi connectivity index (χ0v) is 10.9. The number of rotatable bonds is 2. The Labute approximate surface area is 117 Å². The van der Waals surface area contributed by atoms with E-state index in [4.69, 9.17) is 10.5 Å². The van der Waals surface area contributed by atoms with Gasteiger partial charge in [0, 0.05) is 0 Å². The molecule has 0 bridgehead atoms. The summed E-state index contributed by atoms with van der Waals surface area (Å²) in [4.78, 5) is 0. The number of nitriles is 2. The van der Waals surface area contributed by atoms with Crippen LogP contribution in [0.1, 0.15) is 11.1 Å². The fourth-order valence-electron chi connectivity index (χ4n) is 1.84. The molecule has 0 aliphatic heterocycles. The number of halogens is 1. The second-order valence-electron chi connectivity index (χ2n) is 4.37. The Kier molecular flexibility index (Phi) is 3.93. The summed E-state index contributed by atoms with van der Waals surface area (Å²) in [7, 11) is 0. The standard InChI is InChI=1S/C17H11FN2/c1-12-5-6-16(9-17(12)18)15-4-2-3-13(8-15)7-14(10-19)11-20/h2-9H,1H3. The number of allylic oxidation sites excluding steroid dienone is 1. The van der Waals surface area contributed by atoms with E-state index in [0.717, 1.165) is 16.7 Å². The minimum absolute atomic E-state index is 0.0391. The summed E-state index contributed by atoms with van der Waals surface area (Å²) in [6, 6.07) is 16.0. The lowest BCUT2D eigenvalue weighted by Crippen LogP contribution is -1.85. The van der Waals surface area contributed by atoms with E-state index >= 15 is 0 Å². The third kappa shape index (κ3) is 2.91. The monoisotopic (exact) mass is 262 g/mol. The molecule has 0 aromatic heterocycles. The number of nitrogens with zero attached hydrogens (tertiary/aromatic N) is 2. The average Bonchev–Trinajstić information content (AvgIpc) is 2.48. The Morgan fingerprint density at radius 3 is 2.40 bits per heavy atom. The fraction of sp³-hybridized carbons (Fsp3) is 0.0588. The molecule has 0 spiro atoms. The van der Waals surface area contributed by atoms with Crippen molar-refractivity contribution in [2.24, 2.45) is 0 Å². The second-order valence-corrected chi connectivity index (χ2v) is 4.37. The van der Waals surface area contributed by atoms with E-state index in [1.165, 1.54) is 12.1 Å². The SMILES string of the molecule is Cc1ccc(-c2cccc(C=C(C#N)C#N)c2)cc1F. The smallest absolute Gasteiger partial charge is 0.130 e. The normalized spacial score (nSPS) is 9.40. The van der Waals surface area contributed by atoms with E-state index in [9.17, 15) is 4.39 Å². The van der Waals surface area contributed by atoms with Crippen LogP contribution < -0.4 is 0 Å². The minimum atomic E-state index is -0.252. The van der Waals surface area contributed by atoms with Crippen LogP contribution in [0.3, 0.4) is 0 Å². The maximum absolute atomic E-state index is 13.6. The topological polar surface area (TPSA) is 47.6 Å². The molecular formula is C17H11FN2. The van der Waals surface area contributed by atoms with Crippen molar-refractivity contribution in [3.05, 3.63) is 65.0 Å². The molecule has 2 nitrogen and oxygen atoms in total. The van der Waals surface area contributed by atoms with Gasteiger partial charge < -0.3 is 0 Å². The molecule has 2 aromatic carbocycles. The molecule has 3 heteroatoms. The zero-order chi connectivity index (χ0) is 14.5. The lowest BCUT2D eigenvalue weighted by molar-refractivity contribution is 0.619. The first-order valence-corrected chi connectivity index (χ1v) is 6.02. The molecule has 0 heterocycles. The van der Waals surface area contributed by atoms with Gasteiger partial charge in [0.15, 0.2) is 0 Å². The Hall–Kier alpha value is -2.91. The summed E-state index contributed by atoms with van der Waals surface area (Å²) in [5, 5.41) is 17.5. The van der Waals surface area contributed by atoms with Gasteiger partial charge >= 0.3 is 0 Å². The van der Waals surface area contributed by atoms with Crippen LogP contribution in [0.2, 0.25) is 0 Å². The molecule has 0 aliphatic carbocycles. The van der Waals surface area contributed by atoms with Crippen LogP contribution in [0.15, 0.2) is 48.0 Å². The van der Waals surface area contributed by atoms with Gasteiger partial charge in [0.2, 0.25) is 0 Å². The summed E-state index contributed by atoms with van der Waals surface area (Å²) in [5.74, 6) is -0.252. The van der Waals surface area contributed by atoms with E-state index in [-0.39, 0.29) is 11.4 Å². The molecule has 0 unspecified atom stereocenters. The van der Waals surface area contributed by atoms with Gasteiger partial charge in [-0.05, 0) is 47.4 Å². The van der Waals surface area contributed by atoms with E-state index in [1.807, 2.05) is 36.4 Å². The average molecular weight is 262 g/mol. The number of aryl methyl sites for hydroxylation is 1. The lowest BCUT2D eigenvalue weighted by Gasteiger charge is -2.05.